The predicted molar refractivity (Wildman–Crippen MR) is 85.1 cm³/mol. The van der Waals surface area contributed by atoms with Crippen molar-refractivity contribution in [2.75, 3.05) is 6.54 Å². The molecule has 0 aliphatic heterocycles. The van der Waals surface area contributed by atoms with E-state index in [-0.39, 0.29) is 6.04 Å². The Kier molecular flexibility index (Phi) is 3.97. The van der Waals surface area contributed by atoms with Crippen LogP contribution in [0.3, 0.4) is 0 Å². The van der Waals surface area contributed by atoms with Gasteiger partial charge >= 0.3 is 0 Å². The van der Waals surface area contributed by atoms with Crippen LogP contribution in [0.5, 0.6) is 0 Å². The van der Waals surface area contributed by atoms with E-state index in [2.05, 4.69) is 58.0 Å². The SMILES string of the molecule is Cc1nc2ccccc2n1CCNC(C)c1ccccn1. The summed E-state index contributed by atoms with van der Waals surface area (Å²) in [6, 6.07) is 14.5. The Morgan fingerprint density at radius 2 is 1.95 bits per heavy atom. The fraction of sp³-hybridized carbons (Fsp3) is 0.294. The molecule has 0 aliphatic rings. The Morgan fingerprint density at radius 3 is 2.76 bits per heavy atom. The van der Waals surface area contributed by atoms with E-state index < -0.39 is 0 Å². The van der Waals surface area contributed by atoms with Gasteiger partial charge in [-0.25, -0.2) is 4.98 Å². The summed E-state index contributed by atoms with van der Waals surface area (Å²) < 4.78 is 2.26. The van der Waals surface area contributed by atoms with Gasteiger partial charge in [0.1, 0.15) is 5.82 Å². The van der Waals surface area contributed by atoms with Gasteiger partial charge in [0.25, 0.3) is 0 Å². The number of aryl methyl sites for hydroxylation is 1. The van der Waals surface area contributed by atoms with Crippen molar-refractivity contribution in [2.24, 2.45) is 0 Å². The monoisotopic (exact) mass is 280 g/mol. The Morgan fingerprint density at radius 1 is 1.14 bits per heavy atom. The van der Waals surface area contributed by atoms with Crippen molar-refractivity contribution in [3.8, 4) is 0 Å². The van der Waals surface area contributed by atoms with E-state index >= 15 is 0 Å². The van der Waals surface area contributed by atoms with Crippen molar-refractivity contribution in [1.82, 2.24) is 19.9 Å². The number of para-hydroxylation sites is 2. The number of imidazole rings is 1. The molecule has 1 unspecified atom stereocenters. The van der Waals surface area contributed by atoms with Crippen molar-refractivity contribution < 1.29 is 0 Å². The van der Waals surface area contributed by atoms with E-state index in [1.54, 1.807) is 0 Å². The molecule has 0 saturated heterocycles. The first kappa shape index (κ1) is 13.8. The summed E-state index contributed by atoms with van der Waals surface area (Å²) in [5.74, 6) is 1.06. The Bertz CT molecular complexity index is 718. The molecule has 1 aromatic carbocycles. The van der Waals surface area contributed by atoms with Gasteiger partial charge in [-0.3, -0.25) is 4.98 Å². The molecular weight excluding hydrogens is 260 g/mol. The molecular formula is C17H20N4. The number of fused-ring (bicyclic) bond motifs is 1. The lowest BCUT2D eigenvalue weighted by molar-refractivity contribution is 0.523. The zero-order chi connectivity index (χ0) is 14.7. The first-order valence-electron chi connectivity index (χ1n) is 7.32. The molecule has 1 N–H and O–H groups in total. The number of nitrogens with zero attached hydrogens (tertiary/aromatic N) is 3. The second-order valence-electron chi connectivity index (χ2n) is 5.23. The summed E-state index contributed by atoms with van der Waals surface area (Å²) in [7, 11) is 0. The molecule has 4 nitrogen and oxygen atoms in total. The molecule has 2 heterocycles. The standard InChI is InChI=1S/C17H20N4/c1-13(15-7-5-6-10-19-15)18-11-12-21-14(2)20-16-8-3-4-9-17(16)21/h3-10,13,18H,11-12H2,1-2H3. The summed E-state index contributed by atoms with van der Waals surface area (Å²) in [5, 5.41) is 3.52. The van der Waals surface area contributed by atoms with Crippen LogP contribution in [-0.2, 0) is 6.54 Å². The lowest BCUT2D eigenvalue weighted by atomic mass is 10.2. The Balaban J connectivity index is 1.66. The average Bonchev–Trinajstić information content (AvgIpc) is 2.84. The highest BCUT2D eigenvalue weighted by Crippen LogP contribution is 2.15. The molecule has 3 aromatic rings. The normalized spacial score (nSPS) is 12.7. The van der Waals surface area contributed by atoms with Gasteiger partial charge < -0.3 is 9.88 Å². The lowest BCUT2D eigenvalue weighted by Crippen LogP contribution is -2.24. The van der Waals surface area contributed by atoms with Crippen molar-refractivity contribution in [2.45, 2.75) is 26.4 Å². The largest absolute Gasteiger partial charge is 0.327 e. The van der Waals surface area contributed by atoms with E-state index in [1.807, 2.05) is 24.4 Å². The fourth-order valence-electron chi connectivity index (χ4n) is 2.61. The fourth-order valence-corrected chi connectivity index (χ4v) is 2.61. The highest BCUT2D eigenvalue weighted by Gasteiger charge is 2.08. The minimum atomic E-state index is 0.251. The van der Waals surface area contributed by atoms with Crippen molar-refractivity contribution in [3.63, 3.8) is 0 Å². The molecule has 0 bridgehead atoms. The molecule has 0 radical (unpaired) electrons. The van der Waals surface area contributed by atoms with Crippen LogP contribution in [0.1, 0.15) is 24.5 Å². The summed E-state index contributed by atoms with van der Waals surface area (Å²) in [5.41, 5.74) is 3.33. The maximum atomic E-state index is 4.59. The number of pyridine rings is 1. The molecule has 4 heteroatoms. The molecule has 2 aromatic heterocycles. The zero-order valence-corrected chi connectivity index (χ0v) is 12.5. The first-order chi connectivity index (χ1) is 10.3. The number of benzene rings is 1. The number of aromatic nitrogens is 3. The van der Waals surface area contributed by atoms with Crippen LogP contribution in [-0.4, -0.2) is 21.1 Å². The molecule has 21 heavy (non-hydrogen) atoms. The maximum absolute atomic E-state index is 4.59. The smallest absolute Gasteiger partial charge is 0.106 e. The Hall–Kier alpha value is -2.20. The Labute approximate surface area is 124 Å². The number of hydrogen-bond acceptors (Lipinski definition) is 3. The van der Waals surface area contributed by atoms with E-state index in [1.165, 1.54) is 5.52 Å². The van der Waals surface area contributed by atoms with E-state index in [0.717, 1.165) is 30.1 Å². The minimum absolute atomic E-state index is 0.251. The van der Waals surface area contributed by atoms with Crippen LogP contribution in [0, 0.1) is 6.92 Å². The third-order valence-electron chi connectivity index (χ3n) is 3.76. The van der Waals surface area contributed by atoms with Gasteiger partial charge in [-0.1, -0.05) is 18.2 Å². The predicted octanol–water partition coefficient (Wildman–Crippen LogP) is 3.09. The van der Waals surface area contributed by atoms with Gasteiger partial charge in [0.15, 0.2) is 0 Å². The second kappa shape index (κ2) is 6.06. The molecule has 108 valence electrons. The highest BCUT2D eigenvalue weighted by atomic mass is 15.1. The zero-order valence-electron chi connectivity index (χ0n) is 12.5. The van der Waals surface area contributed by atoms with E-state index in [4.69, 9.17) is 0 Å². The highest BCUT2D eigenvalue weighted by molar-refractivity contribution is 5.75. The molecule has 0 amide bonds. The molecule has 0 spiro atoms. The number of rotatable bonds is 5. The van der Waals surface area contributed by atoms with Crippen molar-refractivity contribution >= 4 is 11.0 Å². The summed E-state index contributed by atoms with van der Waals surface area (Å²) in [6.07, 6.45) is 1.83. The first-order valence-corrected chi connectivity index (χ1v) is 7.32. The quantitative estimate of drug-likeness (QED) is 0.781. The third-order valence-corrected chi connectivity index (χ3v) is 3.76. The van der Waals surface area contributed by atoms with Crippen molar-refractivity contribution in [1.29, 1.82) is 0 Å². The van der Waals surface area contributed by atoms with E-state index in [9.17, 15) is 0 Å². The molecule has 1 atom stereocenters. The van der Waals surface area contributed by atoms with Crippen LogP contribution in [0.25, 0.3) is 11.0 Å². The molecule has 0 saturated carbocycles. The van der Waals surface area contributed by atoms with E-state index in [0.29, 0.717) is 0 Å². The van der Waals surface area contributed by atoms with Gasteiger partial charge in [0.2, 0.25) is 0 Å². The van der Waals surface area contributed by atoms with Crippen molar-refractivity contribution in [3.05, 3.63) is 60.2 Å². The van der Waals surface area contributed by atoms with Crippen LogP contribution in [0.2, 0.25) is 0 Å². The maximum Gasteiger partial charge on any atom is 0.106 e. The lowest BCUT2D eigenvalue weighted by Gasteiger charge is -2.14. The van der Waals surface area contributed by atoms with Gasteiger partial charge in [0, 0.05) is 25.3 Å². The second-order valence-corrected chi connectivity index (χ2v) is 5.23. The van der Waals surface area contributed by atoms with Gasteiger partial charge in [-0.05, 0) is 38.1 Å². The molecule has 0 fully saturated rings. The van der Waals surface area contributed by atoms with Gasteiger partial charge in [0.05, 0.1) is 16.7 Å². The third kappa shape index (κ3) is 2.95. The average molecular weight is 280 g/mol. The molecule has 3 rings (SSSR count). The number of nitrogens with one attached hydrogen (secondary N) is 1. The van der Waals surface area contributed by atoms with Crippen LogP contribution >= 0.6 is 0 Å². The van der Waals surface area contributed by atoms with Crippen LogP contribution in [0.4, 0.5) is 0 Å². The van der Waals surface area contributed by atoms with Gasteiger partial charge in [-0.15, -0.1) is 0 Å². The van der Waals surface area contributed by atoms with Crippen LogP contribution < -0.4 is 5.32 Å². The topological polar surface area (TPSA) is 42.7 Å². The molecule has 0 aliphatic carbocycles. The summed E-state index contributed by atoms with van der Waals surface area (Å²) in [6.45, 7) is 5.99. The van der Waals surface area contributed by atoms with Crippen LogP contribution in [0.15, 0.2) is 48.7 Å². The van der Waals surface area contributed by atoms with Gasteiger partial charge in [-0.2, -0.15) is 0 Å². The minimum Gasteiger partial charge on any atom is -0.327 e. The summed E-state index contributed by atoms with van der Waals surface area (Å²) >= 11 is 0. The summed E-state index contributed by atoms with van der Waals surface area (Å²) in [4.78, 5) is 8.97. The number of hydrogen-bond donors (Lipinski definition) is 1.